The SMILES string of the molecule is COc1cccc(C(O)CNC(=O)Nc2cc(Cl)ccc2F)c1. The molecule has 0 aliphatic carbocycles. The minimum atomic E-state index is -0.917. The molecule has 0 fully saturated rings. The summed E-state index contributed by atoms with van der Waals surface area (Å²) in [6.45, 7) is -0.0405. The number of carbonyl (C=O) groups is 1. The summed E-state index contributed by atoms with van der Waals surface area (Å²) in [6.07, 6.45) is -0.917. The molecule has 0 saturated carbocycles. The first kappa shape index (κ1) is 17.1. The third kappa shape index (κ3) is 4.84. The molecule has 7 heteroatoms. The number of benzene rings is 2. The second kappa shape index (κ2) is 7.80. The van der Waals surface area contributed by atoms with E-state index in [2.05, 4.69) is 10.6 Å². The quantitative estimate of drug-likeness (QED) is 0.783. The van der Waals surface area contributed by atoms with Crippen LogP contribution in [0.15, 0.2) is 42.5 Å². The highest BCUT2D eigenvalue weighted by atomic mass is 35.5. The number of methoxy groups -OCH3 is 1. The van der Waals surface area contributed by atoms with Crippen LogP contribution in [0.5, 0.6) is 5.75 Å². The van der Waals surface area contributed by atoms with Crippen LogP contribution in [0.4, 0.5) is 14.9 Å². The van der Waals surface area contributed by atoms with Crippen LogP contribution in [0.2, 0.25) is 5.02 Å². The zero-order valence-corrected chi connectivity index (χ0v) is 13.1. The normalized spacial score (nSPS) is 11.7. The lowest BCUT2D eigenvalue weighted by Gasteiger charge is -2.14. The molecule has 0 aliphatic heterocycles. The van der Waals surface area contributed by atoms with Gasteiger partial charge in [-0.25, -0.2) is 9.18 Å². The number of urea groups is 1. The third-order valence-electron chi connectivity index (χ3n) is 3.11. The predicted octanol–water partition coefficient (Wildman–Crippen LogP) is 3.34. The Morgan fingerprint density at radius 3 is 2.87 bits per heavy atom. The summed E-state index contributed by atoms with van der Waals surface area (Å²) in [5.41, 5.74) is 0.560. The summed E-state index contributed by atoms with van der Waals surface area (Å²) in [6, 6.07) is 10.1. The predicted molar refractivity (Wildman–Crippen MR) is 86.4 cm³/mol. The fraction of sp³-hybridized carbons (Fsp3) is 0.188. The van der Waals surface area contributed by atoms with Gasteiger partial charge < -0.3 is 20.5 Å². The number of nitrogens with one attached hydrogen (secondary N) is 2. The van der Waals surface area contributed by atoms with Gasteiger partial charge in [0.25, 0.3) is 0 Å². The fourth-order valence-electron chi connectivity index (χ4n) is 1.92. The molecule has 0 radical (unpaired) electrons. The van der Waals surface area contributed by atoms with Gasteiger partial charge in [0.15, 0.2) is 0 Å². The molecule has 0 aliphatic rings. The van der Waals surface area contributed by atoms with Gasteiger partial charge in [-0.1, -0.05) is 23.7 Å². The molecule has 1 unspecified atom stereocenters. The summed E-state index contributed by atoms with van der Waals surface area (Å²) in [5.74, 6) is 0.00453. The fourth-order valence-corrected chi connectivity index (χ4v) is 2.09. The highest BCUT2D eigenvalue weighted by molar-refractivity contribution is 6.30. The third-order valence-corrected chi connectivity index (χ3v) is 3.35. The molecule has 3 N–H and O–H groups in total. The van der Waals surface area contributed by atoms with E-state index >= 15 is 0 Å². The van der Waals surface area contributed by atoms with E-state index in [1.807, 2.05) is 0 Å². The summed E-state index contributed by atoms with van der Waals surface area (Å²) in [7, 11) is 1.52. The smallest absolute Gasteiger partial charge is 0.319 e. The number of anilines is 1. The lowest BCUT2D eigenvalue weighted by Crippen LogP contribution is -2.32. The number of ether oxygens (including phenoxy) is 1. The van der Waals surface area contributed by atoms with Gasteiger partial charge in [0.2, 0.25) is 0 Å². The molecular weight excluding hydrogens is 323 g/mol. The monoisotopic (exact) mass is 338 g/mol. The number of hydrogen-bond donors (Lipinski definition) is 3. The van der Waals surface area contributed by atoms with Crippen molar-refractivity contribution in [3.8, 4) is 5.75 Å². The van der Waals surface area contributed by atoms with E-state index in [0.717, 1.165) is 6.07 Å². The van der Waals surface area contributed by atoms with E-state index in [1.54, 1.807) is 24.3 Å². The van der Waals surface area contributed by atoms with Gasteiger partial charge in [-0.05, 0) is 35.9 Å². The van der Waals surface area contributed by atoms with Gasteiger partial charge in [-0.3, -0.25) is 0 Å². The molecule has 0 spiro atoms. The average molecular weight is 339 g/mol. The van der Waals surface area contributed by atoms with E-state index in [9.17, 15) is 14.3 Å². The number of carbonyl (C=O) groups excluding carboxylic acids is 1. The number of rotatable bonds is 5. The second-order valence-corrected chi connectivity index (χ2v) is 5.19. The Kier molecular flexibility index (Phi) is 5.78. The lowest BCUT2D eigenvalue weighted by molar-refractivity contribution is 0.174. The van der Waals surface area contributed by atoms with E-state index in [-0.39, 0.29) is 12.2 Å². The molecule has 5 nitrogen and oxygen atoms in total. The molecular formula is C16H16ClFN2O3. The molecule has 23 heavy (non-hydrogen) atoms. The summed E-state index contributed by atoms with van der Waals surface area (Å²) < 4.78 is 18.6. The summed E-state index contributed by atoms with van der Waals surface area (Å²) in [4.78, 5) is 11.8. The molecule has 0 heterocycles. The molecule has 1 atom stereocenters. The minimum Gasteiger partial charge on any atom is -0.497 e. The Bertz CT molecular complexity index is 697. The average Bonchev–Trinajstić information content (AvgIpc) is 2.56. The Labute approximate surface area is 138 Å². The Balaban J connectivity index is 1.92. The zero-order valence-electron chi connectivity index (χ0n) is 12.3. The maximum absolute atomic E-state index is 13.5. The zero-order chi connectivity index (χ0) is 16.8. The number of halogens is 2. The van der Waals surface area contributed by atoms with Crippen molar-refractivity contribution in [2.45, 2.75) is 6.10 Å². The first-order valence-corrected chi connectivity index (χ1v) is 7.19. The first-order chi connectivity index (χ1) is 11.0. The maximum atomic E-state index is 13.5. The van der Waals surface area contributed by atoms with E-state index in [4.69, 9.17) is 16.3 Å². The van der Waals surface area contributed by atoms with E-state index < -0.39 is 18.0 Å². The maximum Gasteiger partial charge on any atom is 0.319 e. The van der Waals surface area contributed by atoms with Crippen molar-refractivity contribution in [2.24, 2.45) is 0 Å². The first-order valence-electron chi connectivity index (χ1n) is 6.81. The molecule has 2 amide bonds. The molecule has 2 rings (SSSR count). The van der Waals surface area contributed by atoms with Crippen molar-refractivity contribution in [3.63, 3.8) is 0 Å². The molecule has 2 aromatic carbocycles. The van der Waals surface area contributed by atoms with Crippen molar-refractivity contribution in [1.29, 1.82) is 0 Å². The van der Waals surface area contributed by atoms with Gasteiger partial charge in [0.1, 0.15) is 11.6 Å². The van der Waals surface area contributed by atoms with Gasteiger partial charge in [0, 0.05) is 11.6 Å². The molecule has 0 bridgehead atoms. The molecule has 0 saturated heterocycles. The van der Waals surface area contributed by atoms with Gasteiger partial charge in [-0.2, -0.15) is 0 Å². The van der Waals surface area contributed by atoms with Crippen LogP contribution in [0.3, 0.4) is 0 Å². The topological polar surface area (TPSA) is 70.6 Å². The highest BCUT2D eigenvalue weighted by Gasteiger charge is 2.12. The van der Waals surface area contributed by atoms with Gasteiger partial charge >= 0.3 is 6.03 Å². The van der Waals surface area contributed by atoms with E-state index in [1.165, 1.54) is 19.2 Å². The Morgan fingerprint density at radius 1 is 1.35 bits per heavy atom. The van der Waals surface area contributed by atoms with Crippen LogP contribution in [-0.2, 0) is 0 Å². The van der Waals surface area contributed by atoms with Crippen LogP contribution in [-0.4, -0.2) is 24.8 Å². The number of amides is 2. The number of hydrogen-bond acceptors (Lipinski definition) is 3. The minimum absolute atomic E-state index is 0.0362. The molecule has 2 aromatic rings. The van der Waals surface area contributed by atoms with Crippen molar-refractivity contribution < 1.29 is 19.0 Å². The van der Waals surface area contributed by atoms with Crippen LogP contribution in [0, 0.1) is 5.82 Å². The highest BCUT2D eigenvalue weighted by Crippen LogP contribution is 2.20. The van der Waals surface area contributed by atoms with Crippen LogP contribution in [0.1, 0.15) is 11.7 Å². The molecule has 0 aromatic heterocycles. The van der Waals surface area contributed by atoms with Crippen molar-refractivity contribution in [1.82, 2.24) is 5.32 Å². The molecule has 122 valence electrons. The summed E-state index contributed by atoms with van der Waals surface area (Å²) in [5, 5.41) is 15.2. The lowest BCUT2D eigenvalue weighted by atomic mass is 10.1. The second-order valence-electron chi connectivity index (χ2n) is 4.75. The van der Waals surface area contributed by atoms with Crippen LogP contribution in [0.25, 0.3) is 0 Å². The van der Waals surface area contributed by atoms with Crippen molar-refractivity contribution in [3.05, 3.63) is 58.9 Å². The number of aliphatic hydroxyl groups excluding tert-OH is 1. The standard InChI is InChI=1S/C16H16ClFN2O3/c1-23-12-4-2-3-10(7-12)15(21)9-19-16(22)20-14-8-11(17)5-6-13(14)18/h2-8,15,21H,9H2,1H3,(H2,19,20,22). The van der Waals surface area contributed by atoms with Crippen molar-refractivity contribution >= 4 is 23.3 Å². The van der Waals surface area contributed by atoms with Crippen LogP contribution < -0.4 is 15.4 Å². The Morgan fingerprint density at radius 2 is 2.13 bits per heavy atom. The van der Waals surface area contributed by atoms with Gasteiger partial charge in [0.05, 0.1) is 18.9 Å². The van der Waals surface area contributed by atoms with Crippen molar-refractivity contribution in [2.75, 3.05) is 19.0 Å². The Hall–Kier alpha value is -2.31. The summed E-state index contributed by atoms with van der Waals surface area (Å²) >= 11 is 5.75. The largest absolute Gasteiger partial charge is 0.497 e. The van der Waals surface area contributed by atoms with E-state index in [0.29, 0.717) is 16.3 Å². The van der Waals surface area contributed by atoms with Crippen LogP contribution >= 0.6 is 11.6 Å². The van der Waals surface area contributed by atoms with Gasteiger partial charge in [-0.15, -0.1) is 0 Å². The number of aliphatic hydroxyl groups is 1.